The average molecular weight is 224 g/mol. The van der Waals surface area contributed by atoms with Gasteiger partial charge in [-0.1, -0.05) is 19.3 Å². The van der Waals surface area contributed by atoms with Crippen molar-refractivity contribution in [2.24, 2.45) is 5.92 Å². The molecule has 1 aliphatic heterocycles. The van der Waals surface area contributed by atoms with E-state index in [0.29, 0.717) is 0 Å². The van der Waals surface area contributed by atoms with Crippen LogP contribution in [0.2, 0.25) is 0 Å². The van der Waals surface area contributed by atoms with E-state index in [-0.39, 0.29) is 0 Å². The highest BCUT2D eigenvalue weighted by Crippen LogP contribution is 2.29. The first-order valence-electron chi connectivity index (χ1n) is 7.21. The maximum absolute atomic E-state index is 3.65. The lowest BCUT2D eigenvalue weighted by Crippen LogP contribution is -2.46. The van der Waals surface area contributed by atoms with E-state index in [9.17, 15) is 0 Å². The molecule has 0 aromatic rings. The third-order valence-electron chi connectivity index (χ3n) is 4.70. The number of hydrogen-bond donors (Lipinski definition) is 1. The lowest BCUT2D eigenvalue weighted by Gasteiger charge is -2.34. The van der Waals surface area contributed by atoms with Gasteiger partial charge < -0.3 is 10.2 Å². The van der Waals surface area contributed by atoms with E-state index in [4.69, 9.17) is 0 Å². The molecule has 0 amide bonds. The number of nitrogens with one attached hydrogen (secondary N) is 1. The molecule has 2 heteroatoms. The molecule has 2 rings (SSSR count). The van der Waals surface area contributed by atoms with Crippen molar-refractivity contribution < 1.29 is 0 Å². The van der Waals surface area contributed by atoms with Crippen LogP contribution in [-0.2, 0) is 0 Å². The molecule has 2 fully saturated rings. The summed E-state index contributed by atoms with van der Waals surface area (Å²) in [7, 11) is 2.32. The minimum Gasteiger partial charge on any atom is -0.313 e. The van der Waals surface area contributed by atoms with Crippen molar-refractivity contribution in [3.63, 3.8) is 0 Å². The predicted octanol–water partition coefficient (Wildman–Crippen LogP) is 2.64. The molecule has 0 bridgehead atoms. The van der Waals surface area contributed by atoms with Crippen LogP contribution in [0.1, 0.15) is 51.9 Å². The van der Waals surface area contributed by atoms with Crippen LogP contribution in [0.5, 0.6) is 0 Å². The molecule has 1 aliphatic carbocycles. The van der Waals surface area contributed by atoms with Crippen molar-refractivity contribution in [1.82, 2.24) is 10.2 Å². The van der Waals surface area contributed by atoms with E-state index >= 15 is 0 Å². The molecule has 2 atom stereocenters. The Labute approximate surface area is 101 Å². The SMILES string of the molecule is CC(C1CCCC1)N(C)CC1CCCCN1. The zero-order chi connectivity index (χ0) is 11.4. The van der Waals surface area contributed by atoms with Gasteiger partial charge in [0.1, 0.15) is 0 Å². The molecule has 2 nitrogen and oxygen atoms in total. The Morgan fingerprint density at radius 2 is 1.81 bits per heavy atom. The fourth-order valence-corrected chi connectivity index (χ4v) is 3.39. The zero-order valence-corrected chi connectivity index (χ0v) is 11.0. The van der Waals surface area contributed by atoms with Crippen molar-refractivity contribution in [1.29, 1.82) is 0 Å². The van der Waals surface area contributed by atoms with Gasteiger partial charge in [0.2, 0.25) is 0 Å². The molecular weight excluding hydrogens is 196 g/mol. The summed E-state index contributed by atoms with van der Waals surface area (Å²) >= 11 is 0. The number of hydrogen-bond acceptors (Lipinski definition) is 2. The summed E-state index contributed by atoms with van der Waals surface area (Å²) in [4.78, 5) is 2.60. The van der Waals surface area contributed by atoms with Crippen LogP contribution in [0, 0.1) is 5.92 Å². The van der Waals surface area contributed by atoms with Gasteiger partial charge in [-0.15, -0.1) is 0 Å². The van der Waals surface area contributed by atoms with Gasteiger partial charge in [-0.25, -0.2) is 0 Å². The summed E-state index contributed by atoms with van der Waals surface area (Å²) in [6, 6.07) is 1.54. The molecule has 1 heterocycles. The summed E-state index contributed by atoms with van der Waals surface area (Å²) in [5.41, 5.74) is 0. The topological polar surface area (TPSA) is 15.3 Å². The third kappa shape index (κ3) is 3.21. The van der Waals surface area contributed by atoms with Crippen molar-refractivity contribution in [2.45, 2.75) is 64.0 Å². The van der Waals surface area contributed by atoms with Crippen molar-refractivity contribution in [3.05, 3.63) is 0 Å². The maximum atomic E-state index is 3.65. The van der Waals surface area contributed by atoms with Crippen LogP contribution in [-0.4, -0.2) is 37.1 Å². The van der Waals surface area contributed by atoms with Gasteiger partial charge in [0.05, 0.1) is 0 Å². The van der Waals surface area contributed by atoms with Crippen LogP contribution in [0.25, 0.3) is 0 Å². The van der Waals surface area contributed by atoms with Crippen LogP contribution in [0.3, 0.4) is 0 Å². The molecule has 0 aromatic carbocycles. The molecule has 0 spiro atoms. The fourth-order valence-electron chi connectivity index (χ4n) is 3.39. The van der Waals surface area contributed by atoms with E-state index < -0.39 is 0 Å². The summed E-state index contributed by atoms with van der Waals surface area (Å²) in [5.74, 6) is 0.966. The lowest BCUT2D eigenvalue weighted by molar-refractivity contribution is 0.165. The van der Waals surface area contributed by atoms with E-state index in [1.54, 1.807) is 0 Å². The van der Waals surface area contributed by atoms with Gasteiger partial charge in [0.15, 0.2) is 0 Å². The third-order valence-corrected chi connectivity index (χ3v) is 4.70. The molecule has 16 heavy (non-hydrogen) atoms. The molecule has 94 valence electrons. The number of nitrogens with zero attached hydrogens (tertiary/aromatic N) is 1. The predicted molar refractivity (Wildman–Crippen MR) is 69.7 cm³/mol. The Kier molecular flexibility index (Phi) is 4.66. The highest BCUT2D eigenvalue weighted by Gasteiger charge is 2.26. The summed E-state index contributed by atoms with van der Waals surface area (Å²) < 4.78 is 0. The van der Waals surface area contributed by atoms with E-state index in [1.165, 1.54) is 58.0 Å². The molecular formula is C14H28N2. The van der Waals surface area contributed by atoms with Gasteiger partial charge in [0.25, 0.3) is 0 Å². The molecule has 0 radical (unpaired) electrons. The minimum atomic E-state index is 0.752. The Hall–Kier alpha value is -0.0800. The average Bonchev–Trinajstić information content (AvgIpc) is 2.83. The van der Waals surface area contributed by atoms with Crippen molar-refractivity contribution in [2.75, 3.05) is 20.1 Å². The zero-order valence-electron chi connectivity index (χ0n) is 11.0. The van der Waals surface area contributed by atoms with Crippen LogP contribution in [0.4, 0.5) is 0 Å². The maximum Gasteiger partial charge on any atom is 0.0195 e. The second kappa shape index (κ2) is 6.02. The number of piperidine rings is 1. The first kappa shape index (κ1) is 12.4. The molecule has 1 N–H and O–H groups in total. The highest BCUT2D eigenvalue weighted by atomic mass is 15.2. The second-order valence-corrected chi connectivity index (χ2v) is 5.87. The molecule has 2 unspecified atom stereocenters. The highest BCUT2D eigenvalue weighted by molar-refractivity contribution is 4.82. The quantitative estimate of drug-likeness (QED) is 0.790. The standard InChI is InChI=1S/C14H28N2/c1-12(13-7-3-4-8-13)16(2)11-14-9-5-6-10-15-14/h12-15H,3-11H2,1-2H3. The van der Waals surface area contributed by atoms with Crippen molar-refractivity contribution >= 4 is 0 Å². The summed E-state index contributed by atoms with van der Waals surface area (Å²) in [5, 5.41) is 3.65. The number of likely N-dealkylation sites (N-methyl/N-ethyl adjacent to an activating group) is 1. The van der Waals surface area contributed by atoms with E-state index in [1.807, 2.05) is 0 Å². The van der Waals surface area contributed by atoms with Gasteiger partial charge in [-0.2, -0.15) is 0 Å². The summed E-state index contributed by atoms with van der Waals surface area (Å²) in [6.45, 7) is 4.91. The molecule has 1 saturated heterocycles. The van der Waals surface area contributed by atoms with Gasteiger partial charge in [0, 0.05) is 18.6 Å². The van der Waals surface area contributed by atoms with Crippen LogP contribution >= 0.6 is 0 Å². The first-order chi connectivity index (χ1) is 7.77. The van der Waals surface area contributed by atoms with Crippen molar-refractivity contribution in [3.8, 4) is 0 Å². The smallest absolute Gasteiger partial charge is 0.0195 e. The van der Waals surface area contributed by atoms with Crippen LogP contribution < -0.4 is 5.32 Å². The monoisotopic (exact) mass is 224 g/mol. The van der Waals surface area contributed by atoms with E-state index in [0.717, 1.165) is 18.0 Å². The van der Waals surface area contributed by atoms with Crippen LogP contribution in [0.15, 0.2) is 0 Å². The Bertz CT molecular complexity index is 193. The Morgan fingerprint density at radius 1 is 1.12 bits per heavy atom. The van der Waals surface area contributed by atoms with E-state index in [2.05, 4.69) is 24.2 Å². The Morgan fingerprint density at radius 3 is 2.44 bits per heavy atom. The normalized spacial score (nSPS) is 29.8. The molecule has 0 aromatic heterocycles. The largest absolute Gasteiger partial charge is 0.313 e. The molecule has 2 aliphatic rings. The van der Waals surface area contributed by atoms with Gasteiger partial charge in [-0.3, -0.25) is 0 Å². The number of rotatable bonds is 4. The minimum absolute atomic E-state index is 0.752. The Balaban J connectivity index is 1.74. The first-order valence-corrected chi connectivity index (χ1v) is 7.21. The summed E-state index contributed by atoms with van der Waals surface area (Å²) in [6.07, 6.45) is 10.0. The van der Waals surface area contributed by atoms with Gasteiger partial charge in [-0.05, 0) is 52.1 Å². The fraction of sp³-hybridized carbons (Fsp3) is 1.00. The second-order valence-electron chi connectivity index (χ2n) is 5.87. The van der Waals surface area contributed by atoms with Gasteiger partial charge >= 0.3 is 0 Å². The lowest BCUT2D eigenvalue weighted by atomic mass is 9.97. The molecule has 1 saturated carbocycles.